The second kappa shape index (κ2) is 38.0. The van der Waals surface area contributed by atoms with Gasteiger partial charge in [-0.3, -0.25) is 48.3 Å². The van der Waals surface area contributed by atoms with E-state index in [2.05, 4.69) is 312 Å². The van der Waals surface area contributed by atoms with E-state index in [-0.39, 0.29) is 37.1 Å². The Kier molecular flexibility index (Phi) is 29.3. The van der Waals surface area contributed by atoms with Crippen LogP contribution in [-0.4, -0.2) is 100 Å². The largest absolute Gasteiger partial charge is 0.377 e. The lowest BCUT2D eigenvalue weighted by Gasteiger charge is -2.26. The molecule has 17 nitrogen and oxygen atoms in total. The molecule has 576 valence electrons. The molecule has 0 aliphatic carbocycles. The van der Waals surface area contributed by atoms with E-state index in [1.807, 2.05) is 72.2 Å². The molecule has 0 radical (unpaired) electrons. The van der Waals surface area contributed by atoms with Crippen LogP contribution >= 0.6 is 0 Å². The zero-order chi connectivity index (χ0) is 73.4. The lowest BCUT2D eigenvalue weighted by atomic mass is 10.0. The molecule has 0 unspecified atom stereocenters. The van der Waals surface area contributed by atoms with Crippen LogP contribution in [0.5, 0.6) is 0 Å². The first kappa shape index (κ1) is 84.7. The Hall–Kier alpha value is -10.9. The normalized spacial score (nSPS) is 12.5. The molecule has 10 aromatic heterocycles. The van der Waals surface area contributed by atoms with Crippen molar-refractivity contribution >= 4 is 54.5 Å². The van der Waals surface area contributed by atoms with Gasteiger partial charge in [0.2, 0.25) is 0 Å². The first-order chi connectivity index (χ1) is 50.8. The number of aryl methyl sites for hydroxylation is 2. The Morgan fingerprint density at radius 2 is 0.773 bits per heavy atom. The molecule has 0 atom stereocenters. The molecule has 17 rings (SSSR count). The third-order valence-electron chi connectivity index (χ3n) is 19.7. The van der Waals surface area contributed by atoms with Gasteiger partial charge in [-0.1, -0.05) is 144 Å². The van der Waals surface area contributed by atoms with Crippen LogP contribution in [-0.2, 0) is 23.1 Å². The van der Waals surface area contributed by atoms with Gasteiger partial charge in [-0.15, -0.1) is 0 Å². The standard InChI is InChI=1S/2C18H19N3O.2C18H21N3.C16H17N3.5CH4/c1-12(2)13-5-6-19-17(8-13)14-3-4-18-15(7-14)9-20-21(18)16-10-22-11-16;1-12(2)13-5-6-19-18(8-13)14-3-4-17-15(7-14)9-21(20-17)16-10-22-11-16;1-12(2)14-7-8-19-17(10-14)15-5-6-18-16(9-15)11-20-21(18)13(3)4;1-4-9-21-18-6-5-15(10-16(18)12-20-21)17-11-14(13(2)3)7-8-19-17;1-11(2)15-9-13(6-7-17-15)12-4-5-16-14(8-12)10-18-19(16)3;;;;;/h2*3-9,12,16H,10-11H2,1-2H3;5-13H,1-4H3;5-8,10-13H,4,9H2,1-3H3;4-11H,1-3H3;5*1H4. The van der Waals surface area contributed by atoms with Crippen molar-refractivity contribution in [3.05, 3.63) is 242 Å². The summed E-state index contributed by atoms with van der Waals surface area (Å²) >= 11 is 0. The van der Waals surface area contributed by atoms with Crippen molar-refractivity contribution in [2.75, 3.05) is 26.4 Å². The molecule has 110 heavy (non-hydrogen) atoms. The predicted molar refractivity (Wildman–Crippen MR) is 460 cm³/mol. The molecule has 2 saturated heterocycles. The van der Waals surface area contributed by atoms with Crippen molar-refractivity contribution in [1.82, 2.24) is 73.8 Å². The second-order valence-corrected chi connectivity index (χ2v) is 29.4. The van der Waals surface area contributed by atoms with E-state index in [9.17, 15) is 0 Å². The number of rotatable bonds is 15. The van der Waals surface area contributed by atoms with Crippen molar-refractivity contribution in [1.29, 1.82) is 0 Å². The smallest absolute Gasteiger partial charge is 0.0992 e. The maximum atomic E-state index is 5.27. The van der Waals surface area contributed by atoms with E-state index >= 15 is 0 Å². The number of pyridine rings is 5. The number of nitrogens with zero attached hydrogens (tertiary/aromatic N) is 15. The summed E-state index contributed by atoms with van der Waals surface area (Å²) in [6.07, 6.45) is 20.4. The van der Waals surface area contributed by atoms with Gasteiger partial charge in [0.25, 0.3) is 0 Å². The molecule has 2 fully saturated rings. The number of hydrogen-bond acceptors (Lipinski definition) is 12. The van der Waals surface area contributed by atoms with Crippen LogP contribution < -0.4 is 0 Å². The van der Waals surface area contributed by atoms with Crippen molar-refractivity contribution in [2.45, 2.75) is 188 Å². The lowest BCUT2D eigenvalue weighted by Crippen LogP contribution is -2.31. The van der Waals surface area contributed by atoms with Crippen molar-refractivity contribution < 1.29 is 9.47 Å². The van der Waals surface area contributed by atoms with E-state index in [0.29, 0.717) is 47.7 Å². The summed E-state index contributed by atoms with van der Waals surface area (Å²) in [6, 6.07) is 54.6. The minimum absolute atomic E-state index is 0. The van der Waals surface area contributed by atoms with Gasteiger partial charge in [0.1, 0.15) is 0 Å². The lowest BCUT2D eigenvalue weighted by molar-refractivity contribution is -0.0283. The fourth-order valence-electron chi connectivity index (χ4n) is 13.0. The summed E-state index contributed by atoms with van der Waals surface area (Å²) in [4.78, 5) is 22.5. The first-order valence-corrected chi connectivity index (χ1v) is 37.1. The average molecular weight is 1480 g/mol. The van der Waals surface area contributed by atoms with E-state index in [0.717, 1.165) is 123 Å². The van der Waals surface area contributed by atoms with Gasteiger partial charge in [-0.2, -0.15) is 25.5 Å². The van der Waals surface area contributed by atoms with Crippen molar-refractivity contribution in [2.24, 2.45) is 7.05 Å². The predicted octanol–water partition coefficient (Wildman–Crippen LogP) is 24.0. The number of fused-ring (bicyclic) bond motifs is 5. The molecule has 0 N–H and O–H groups in total. The highest BCUT2D eigenvalue weighted by atomic mass is 16.5. The van der Waals surface area contributed by atoms with Crippen LogP contribution in [0.15, 0.2) is 214 Å². The molecule has 0 amide bonds. The Bertz CT molecular complexity index is 5390. The Morgan fingerprint density at radius 3 is 1.25 bits per heavy atom. The quantitative estimate of drug-likeness (QED) is 0.0952. The molecule has 17 heteroatoms. The fraction of sp³-hybridized carbons (Fsp3) is 0.355. The molecule has 5 aromatic carbocycles. The van der Waals surface area contributed by atoms with Crippen LogP contribution in [0.3, 0.4) is 0 Å². The van der Waals surface area contributed by atoms with Crippen LogP contribution in [0.1, 0.15) is 209 Å². The molecule has 15 aromatic rings. The zero-order valence-corrected chi connectivity index (χ0v) is 63.1. The van der Waals surface area contributed by atoms with E-state index in [1.54, 1.807) is 0 Å². The SMILES string of the molecule is C.C.C.C.C.CC(C)c1cc(-c2ccc3c(cnn3C)c2)ccn1.CC(C)c1ccnc(-c2ccc3c(cnn3C(C)C)c2)c1.CC(C)c1ccnc(-c2ccc3c(cnn3C3COC3)c2)c1.CC(C)c1ccnc(-c2ccc3nn(C4COC4)cc3c2)c1.CCCn1ncc2cc(-c3cc(C(C)C)ccn3)ccc21. The van der Waals surface area contributed by atoms with E-state index < -0.39 is 0 Å². The highest BCUT2D eigenvalue weighted by molar-refractivity contribution is 5.88. The minimum atomic E-state index is 0. The van der Waals surface area contributed by atoms with Crippen LogP contribution in [0.4, 0.5) is 0 Å². The minimum Gasteiger partial charge on any atom is -0.377 e. The number of aromatic nitrogens is 15. The molecule has 0 saturated carbocycles. The highest BCUT2D eigenvalue weighted by Gasteiger charge is 2.24. The summed E-state index contributed by atoms with van der Waals surface area (Å²) in [6.45, 7) is 32.4. The summed E-state index contributed by atoms with van der Waals surface area (Å²) in [5.41, 5.74) is 23.2. The maximum Gasteiger partial charge on any atom is 0.0992 e. The number of benzene rings is 5. The molecule has 0 bridgehead atoms. The molecular weight excluding hydrogens is 1360 g/mol. The maximum absolute atomic E-state index is 5.27. The molecule has 2 aliphatic heterocycles. The van der Waals surface area contributed by atoms with Gasteiger partial charge in [0.15, 0.2) is 0 Å². The third-order valence-corrected chi connectivity index (χ3v) is 19.7. The van der Waals surface area contributed by atoms with Gasteiger partial charge in [-0.25, -0.2) is 0 Å². The summed E-state index contributed by atoms with van der Waals surface area (Å²) < 4.78 is 20.6. The van der Waals surface area contributed by atoms with Gasteiger partial charge >= 0.3 is 0 Å². The Labute approximate surface area is 653 Å². The van der Waals surface area contributed by atoms with Gasteiger partial charge in [0.05, 0.1) is 114 Å². The van der Waals surface area contributed by atoms with Crippen LogP contribution in [0, 0.1) is 0 Å². The summed E-state index contributed by atoms with van der Waals surface area (Å²) in [7, 11) is 1.96. The van der Waals surface area contributed by atoms with Crippen LogP contribution in [0.25, 0.3) is 111 Å². The van der Waals surface area contributed by atoms with Crippen molar-refractivity contribution in [3.8, 4) is 56.2 Å². The van der Waals surface area contributed by atoms with E-state index in [4.69, 9.17) is 9.47 Å². The summed E-state index contributed by atoms with van der Waals surface area (Å²) in [5, 5.41) is 28.2. The highest BCUT2D eigenvalue weighted by Crippen LogP contribution is 2.33. The van der Waals surface area contributed by atoms with Gasteiger partial charge in [0, 0.05) is 112 Å². The Balaban J connectivity index is 0.000000171. The molecular formula is C93H117N15O2. The van der Waals surface area contributed by atoms with E-state index in [1.165, 1.54) is 55.2 Å². The second-order valence-electron chi connectivity index (χ2n) is 29.4. The van der Waals surface area contributed by atoms with Gasteiger partial charge in [-0.05, 0) is 205 Å². The van der Waals surface area contributed by atoms with Gasteiger partial charge < -0.3 is 9.47 Å². The molecule has 12 heterocycles. The fourth-order valence-corrected chi connectivity index (χ4v) is 13.0. The first-order valence-electron chi connectivity index (χ1n) is 37.1. The zero-order valence-electron chi connectivity index (χ0n) is 63.1. The number of hydrogen-bond donors (Lipinski definition) is 0. The molecule has 2 aliphatic rings. The van der Waals surface area contributed by atoms with Crippen molar-refractivity contribution in [3.63, 3.8) is 0 Å². The Morgan fingerprint density at radius 1 is 0.373 bits per heavy atom. The number of ether oxygens (including phenoxy) is 2. The topological polar surface area (TPSA) is 172 Å². The summed E-state index contributed by atoms with van der Waals surface area (Å²) in [5.74, 6) is 2.49. The monoisotopic (exact) mass is 1480 g/mol. The third kappa shape index (κ3) is 19.4. The molecule has 0 spiro atoms. The van der Waals surface area contributed by atoms with Crippen LogP contribution in [0.2, 0.25) is 0 Å². The average Bonchev–Trinajstić information content (AvgIpc) is 1.63.